The Morgan fingerprint density at radius 2 is 2.00 bits per heavy atom. The summed E-state index contributed by atoms with van der Waals surface area (Å²) < 4.78 is 1.80. The minimum Gasteiger partial charge on any atom is -0.345 e. The number of piperidine rings is 1. The Bertz CT molecular complexity index is 623. The van der Waals surface area contributed by atoms with Gasteiger partial charge in [-0.05, 0) is 37.7 Å². The van der Waals surface area contributed by atoms with Crippen LogP contribution in [0.3, 0.4) is 0 Å². The van der Waals surface area contributed by atoms with Gasteiger partial charge in [-0.25, -0.2) is 0 Å². The summed E-state index contributed by atoms with van der Waals surface area (Å²) in [4.78, 5) is 29.2. The largest absolute Gasteiger partial charge is 0.345 e. The lowest BCUT2D eigenvalue weighted by Gasteiger charge is -2.33. The number of hydrogen-bond acceptors (Lipinski definition) is 4. The predicted molar refractivity (Wildman–Crippen MR) is 99.4 cm³/mol. The number of carbonyl (C=O) groups is 2. The Morgan fingerprint density at radius 1 is 1.27 bits per heavy atom. The number of aryl methyl sites for hydroxylation is 2. The molecule has 2 fully saturated rings. The molecule has 144 valence electrons. The zero-order valence-electron chi connectivity index (χ0n) is 16.0. The van der Waals surface area contributed by atoms with Crippen LogP contribution in [-0.2, 0) is 23.1 Å². The van der Waals surface area contributed by atoms with Crippen molar-refractivity contribution in [3.8, 4) is 0 Å². The lowest BCUT2D eigenvalue weighted by Crippen LogP contribution is -2.49. The van der Waals surface area contributed by atoms with E-state index in [1.54, 1.807) is 4.68 Å². The number of aromatic nitrogens is 2. The van der Waals surface area contributed by atoms with Crippen LogP contribution < -0.4 is 5.32 Å². The van der Waals surface area contributed by atoms with Crippen LogP contribution >= 0.6 is 0 Å². The van der Waals surface area contributed by atoms with Crippen molar-refractivity contribution in [2.45, 2.75) is 32.1 Å². The van der Waals surface area contributed by atoms with E-state index in [1.807, 2.05) is 36.3 Å². The number of amides is 2. The third-order valence-electron chi connectivity index (χ3n) is 5.56. The minimum absolute atomic E-state index is 0.0559. The highest BCUT2D eigenvalue weighted by Crippen LogP contribution is 2.22. The fourth-order valence-electron chi connectivity index (χ4n) is 4.06. The summed E-state index contributed by atoms with van der Waals surface area (Å²) in [6.07, 6.45) is 8.62. The highest BCUT2D eigenvalue weighted by molar-refractivity contribution is 5.83. The van der Waals surface area contributed by atoms with Crippen molar-refractivity contribution < 1.29 is 9.59 Å². The van der Waals surface area contributed by atoms with E-state index in [0.29, 0.717) is 19.5 Å². The summed E-state index contributed by atoms with van der Waals surface area (Å²) in [5.74, 6) is 0.234. The molecule has 1 N–H and O–H groups in total. The second-order valence-electron chi connectivity index (χ2n) is 7.71. The molecule has 2 saturated heterocycles. The van der Waals surface area contributed by atoms with E-state index in [0.717, 1.165) is 45.3 Å². The first-order valence-corrected chi connectivity index (χ1v) is 9.76. The maximum absolute atomic E-state index is 12.8. The van der Waals surface area contributed by atoms with Crippen LogP contribution in [0.25, 0.3) is 0 Å². The molecule has 1 aromatic rings. The lowest BCUT2D eigenvalue weighted by molar-refractivity contribution is -0.139. The van der Waals surface area contributed by atoms with Gasteiger partial charge in [0.25, 0.3) is 0 Å². The highest BCUT2D eigenvalue weighted by Gasteiger charge is 2.34. The number of likely N-dealkylation sites (tertiary alicyclic amines) is 1. The van der Waals surface area contributed by atoms with E-state index in [9.17, 15) is 9.59 Å². The normalized spacial score (nSPS) is 23.2. The second-order valence-corrected chi connectivity index (χ2v) is 7.71. The van der Waals surface area contributed by atoms with Crippen LogP contribution in [0.15, 0.2) is 12.4 Å². The molecule has 0 radical (unpaired) electrons. The topological polar surface area (TPSA) is 70.5 Å². The van der Waals surface area contributed by atoms with Crippen molar-refractivity contribution >= 4 is 11.8 Å². The molecule has 0 aliphatic carbocycles. The van der Waals surface area contributed by atoms with Crippen molar-refractivity contribution in [3.05, 3.63) is 18.0 Å². The smallest absolute Gasteiger partial charge is 0.226 e. The Hall–Kier alpha value is -1.89. The van der Waals surface area contributed by atoms with E-state index in [1.165, 1.54) is 5.56 Å². The first kappa shape index (κ1) is 18.9. The first-order valence-electron chi connectivity index (χ1n) is 9.76. The van der Waals surface area contributed by atoms with Crippen LogP contribution in [0, 0.1) is 11.8 Å². The monoisotopic (exact) mass is 361 g/mol. The van der Waals surface area contributed by atoms with Gasteiger partial charge < -0.3 is 15.1 Å². The summed E-state index contributed by atoms with van der Waals surface area (Å²) in [5.41, 5.74) is 1.20. The number of hydrogen-bond donors (Lipinski definition) is 1. The molecule has 0 aromatic carbocycles. The summed E-state index contributed by atoms with van der Waals surface area (Å²) in [6.45, 7) is 3.86. The van der Waals surface area contributed by atoms with Crippen molar-refractivity contribution in [1.29, 1.82) is 0 Å². The maximum Gasteiger partial charge on any atom is 0.226 e. The van der Waals surface area contributed by atoms with Gasteiger partial charge in [-0.15, -0.1) is 0 Å². The van der Waals surface area contributed by atoms with Gasteiger partial charge in [0.15, 0.2) is 0 Å². The van der Waals surface area contributed by atoms with E-state index >= 15 is 0 Å². The molecule has 2 aliphatic heterocycles. The van der Waals surface area contributed by atoms with Crippen molar-refractivity contribution in [2.24, 2.45) is 18.9 Å². The van der Waals surface area contributed by atoms with Gasteiger partial charge in [0.05, 0.1) is 18.0 Å². The van der Waals surface area contributed by atoms with Crippen molar-refractivity contribution in [1.82, 2.24) is 24.9 Å². The Kier molecular flexibility index (Phi) is 6.29. The lowest BCUT2D eigenvalue weighted by atomic mass is 9.88. The molecule has 0 saturated carbocycles. The zero-order chi connectivity index (χ0) is 18.5. The van der Waals surface area contributed by atoms with Crippen LogP contribution in [0.2, 0.25) is 0 Å². The number of nitrogens with zero attached hydrogens (tertiary/aromatic N) is 4. The van der Waals surface area contributed by atoms with Gasteiger partial charge >= 0.3 is 0 Å². The quantitative estimate of drug-likeness (QED) is 0.808. The summed E-state index contributed by atoms with van der Waals surface area (Å²) >= 11 is 0. The van der Waals surface area contributed by atoms with Crippen LogP contribution in [0.1, 0.15) is 31.2 Å². The van der Waals surface area contributed by atoms with Gasteiger partial charge in [-0.3, -0.25) is 14.3 Å². The van der Waals surface area contributed by atoms with Crippen LogP contribution in [0.4, 0.5) is 0 Å². The van der Waals surface area contributed by atoms with Gasteiger partial charge in [0.1, 0.15) is 0 Å². The maximum atomic E-state index is 12.8. The van der Waals surface area contributed by atoms with Gasteiger partial charge in [0.2, 0.25) is 11.8 Å². The summed E-state index contributed by atoms with van der Waals surface area (Å²) in [7, 11) is 3.78. The van der Waals surface area contributed by atoms with Gasteiger partial charge in [-0.2, -0.15) is 5.10 Å². The highest BCUT2D eigenvalue weighted by atomic mass is 16.2. The fraction of sp³-hybridized carbons (Fsp3) is 0.737. The molecule has 7 heteroatoms. The zero-order valence-corrected chi connectivity index (χ0v) is 16.0. The molecule has 2 aliphatic rings. The molecule has 0 bridgehead atoms. The van der Waals surface area contributed by atoms with Crippen molar-refractivity contribution in [2.75, 3.05) is 39.8 Å². The first-order chi connectivity index (χ1) is 12.5. The molecule has 2 atom stereocenters. The van der Waals surface area contributed by atoms with Gasteiger partial charge in [0, 0.05) is 53.0 Å². The number of rotatable bonds is 6. The minimum atomic E-state index is -0.0938. The Labute approximate surface area is 155 Å². The van der Waals surface area contributed by atoms with E-state index in [4.69, 9.17) is 0 Å². The molecule has 26 heavy (non-hydrogen) atoms. The number of nitrogens with one attached hydrogen (secondary N) is 1. The predicted octanol–water partition coefficient (Wildman–Crippen LogP) is 0.659. The van der Waals surface area contributed by atoms with Gasteiger partial charge in [-0.1, -0.05) is 0 Å². The van der Waals surface area contributed by atoms with Crippen molar-refractivity contribution in [3.63, 3.8) is 0 Å². The van der Waals surface area contributed by atoms with Crippen LogP contribution in [0.5, 0.6) is 0 Å². The molecule has 3 rings (SSSR count). The van der Waals surface area contributed by atoms with E-state index < -0.39 is 0 Å². The molecule has 2 amide bonds. The number of carbonyl (C=O) groups excluding carboxylic acids is 2. The summed E-state index contributed by atoms with van der Waals surface area (Å²) in [5, 5.41) is 7.48. The SMILES string of the molecule is CN(CCCc1cnn(C)c1)C(=O)C1CNCC(C(=O)N2CCCC2)C1. The third kappa shape index (κ3) is 4.63. The fourth-order valence-corrected chi connectivity index (χ4v) is 4.06. The average Bonchev–Trinajstić information content (AvgIpc) is 3.32. The second kappa shape index (κ2) is 8.66. The van der Waals surface area contributed by atoms with Crippen LogP contribution in [-0.4, -0.2) is 71.2 Å². The Morgan fingerprint density at radius 3 is 2.69 bits per heavy atom. The standard InChI is InChI=1S/C19H31N5O2/c1-22(7-5-6-15-11-21-23(2)14-15)18(25)16-10-17(13-20-12-16)19(26)24-8-3-4-9-24/h11,14,16-17,20H,3-10,12-13H2,1-2H3. The molecular formula is C19H31N5O2. The summed E-state index contributed by atoms with van der Waals surface area (Å²) in [6, 6.07) is 0. The van der Waals surface area contributed by atoms with E-state index in [-0.39, 0.29) is 23.7 Å². The van der Waals surface area contributed by atoms with E-state index in [2.05, 4.69) is 10.4 Å². The molecule has 2 unspecified atom stereocenters. The molecule has 1 aromatic heterocycles. The Balaban J connectivity index is 1.45. The molecule has 0 spiro atoms. The third-order valence-corrected chi connectivity index (χ3v) is 5.56. The molecule has 7 nitrogen and oxygen atoms in total. The molecule has 3 heterocycles. The molecular weight excluding hydrogens is 330 g/mol. The average molecular weight is 361 g/mol.